The summed E-state index contributed by atoms with van der Waals surface area (Å²) in [5.74, 6) is 0. The summed E-state index contributed by atoms with van der Waals surface area (Å²) in [4.78, 5) is 11.3. The number of halogens is 1. The van der Waals surface area contributed by atoms with Crippen molar-refractivity contribution in [3.63, 3.8) is 0 Å². The van der Waals surface area contributed by atoms with Gasteiger partial charge in [-0.1, -0.05) is 41.6 Å². The monoisotopic (exact) mass is 259 g/mol. The van der Waals surface area contributed by atoms with Gasteiger partial charge >= 0.3 is 5.37 Å². The van der Waals surface area contributed by atoms with Crippen LogP contribution in [0, 0.1) is 0 Å². The molecule has 4 nitrogen and oxygen atoms in total. The van der Waals surface area contributed by atoms with Crippen LogP contribution in [0.3, 0.4) is 0 Å². The first-order chi connectivity index (χ1) is 8.77. The summed E-state index contributed by atoms with van der Waals surface area (Å²) in [6.45, 7) is 0. The molecule has 0 heterocycles. The molecule has 0 aliphatic heterocycles. The molecule has 2 aromatic rings. The Morgan fingerprint density at radius 3 is 2.06 bits per heavy atom. The molecular weight excluding hydrogens is 250 g/mol. The lowest BCUT2D eigenvalue weighted by Gasteiger charge is -2.11. The van der Waals surface area contributed by atoms with E-state index in [4.69, 9.17) is 11.6 Å². The van der Waals surface area contributed by atoms with E-state index in [0.717, 1.165) is 5.01 Å². The molecule has 18 heavy (non-hydrogen) atoms. The van der Waals surface area contributed by atoms with Gasteiger partial charge in [0.15, 0.2) is 0 Å². The lowest BCUT2D eigenvalue weighted by Crippen LogP contribution is -2.17. The number of rotatable bonds is 3. The van der Waals surface area contributed by atoms with E-state index in [1.807, 2.05) is 24.3 Å². The largest absolute Gasteiger partial charge is 0.342 e. The molecule has 0 saturated heterocycles. The van der Waals surface area contributed by atoms with Crippen LogP contribution < -0.4 is 5.01 Å². The first-order valence-corrected chi connectivity index (χ1v) is 5.66. The van der Waals surface area contributed by atoms with E-state index in [1.165, 1.54) is 0 Å². The summed E-state index contributed by atoms with van der Waals surface area (Å²) in [5.41, 5.74) is 1.22. The molecular formula is C13H10ClN3O. The summed E-state index contributed by atoms with van der Waals surface area (Å²) in [6.07, 6.45) is 0. The first kappa shape index (κ1) is 12.3. The average molecular weight is 260 g/mol. The Balaban J connectivity index is 2.23. The van der Waals surface area contributed by atoms with Crippen molar-refractivity contribution in [2.45, 2.75) is 0 Å². The van der Waals surface area contributed by atoms with Gasteiger partial charge in [0.2, 0.25) is 0 Å². The summed E-state index contributed by atoms with van der Waals surface area (Å²) >= 11 is 5.48. The SMILES string of the molecule is O=C(Cl)N(N=Nc1ccccc1)c1ccccc1. The molecule has 0 spiro atoms. The minimum absolute atomic E-state index is 0.567. The smallest absolute Gasteiger partial charge is 0.253 e. The van der Waals surface area contributed by atoms with E-state index in [1.54, 1.807) is 36.4 Å². The number of para-hydroxylation sites is 1. The number of carbonyl (C=O) groups is 1. The molecule has 0 aromatic heterocycles. The third-order valence-electron chi connectivity index (χ3n) is 2.17. The topological polar surface area (TPSA) is 45.0 Å². The zero-order chi connectivity index (χ0) is 12.8. The van der Waals surface area contributed by atoms with Gasteiger partial charge in [0.1, 0.15) is 0 Å². The highest BCUT2D eigenvalue weighted by molar-refractivity contribution is 6.66. The molecule has 5 heteroatoms. The molecule has 0 N–H and O–H groups in total. The van der Waals surface area contributed by atoms with Gasteiger partial charge in [-0.15, -0.1) is 5.11 Å². The predicted molar refractivity (Wildman–Crippen MR) is 71.1 cm³/mol. The third-order valence-corrected chi connectivity index (χ3v) is 2.33. The van der Waals surface area contributed by atoms with Crippen LogP contribution >= 0.6 is 11.6 Å². The molecule has 90 valence electrons. The minimum atomic E-state index is -0.708. The maximum atomic E-state index is 11.3. The van der Waals surface area contributed by atoms with Crippen molar-refractivity contribution in [1.29, 1.82) is 0 Å². The van der Waals surface area contributed by atoms with Gasteiger partial charge in [-0.2, -0.15) is 5.01 Å². The van der Waals surface area contributed by atoms with Crippen LogP contribution in [0.25, 0.3) is 0 Å². The number of anilines is 1. The van der Waals surface area contributed by atoms with Crippen LogP contribution in [0.5, 0.6) is 0 Å². The van der Waals surface area contributed by atoms with Crippen molar-refractivity contribution >= 4 is 28.3 Å². The van der Waals surface area contributed by atoms with E-state index in [0.29, 0.717) is 11.4 Å². The van der Waals surface area contributed by atoms with Crippen molar-refractivity contribution in [3.8, 4) is 0 Å². The fraction of sp³-hybridized carbons (Fsp3) is 0. The summed E-state index contributed by atoms with van der Waals surface area (Å²) in [7, 11) is 0. The molecule has 2 rings (SSSR count). The molecule has 0 radical (unpaired) electrons. The van der Waals surface area contributed by atoms with Crippen LogP contribution in [0.1, 0.15) is 0 Å². The fourth-order valence-electron chi connectivity index (χ4n) is 1.35. The van der Waals surface area contributed by atoms with E-state index in [-0.39, 0.29) is 0 Å². The molecule has 0 unspecified atom stereocenters. The number of benzene rings is 2. The van der Waals surface area contributed by atoms with E-state index in [2.05, 4.69) is 10.3 Å². The predicted octanol–water partition coefficient (Wildman–Crippen LogP) is 4.55. The van der Waals surface area contributed by atoms with Gasteiger partial charge in [0.25, 0.3) is 0 Å². The maximum Gasteiger partial charge on any atom is 0.342 e. The Bertz CT molecular complexity index is 543. The van der Waals surface area contributed by atoms with Crippen molar-refractivity contribution in [2.75, 3.05) is 5.01 Å². The Kier molecular flexibility index (Phi) is 4.04. The number of nitrogens with zero attached hydrogens (tertiary/aromatic N) is 3. The minimum Gasteiger partial charge on any atom is -0.253 e. The van der Waals surface area contributed by atoms with E-state index in [9.17, 15) is 4.79 Å². The number of carbonyl (C=O) groups excluding carboxylic acids is 1. The van der Waals surface area contributed by atoms with Crippen LogP contribution in [-0.2, 0) is 0 Å². The number of amides is 1. The highest BCUT2D eigenvalue weighted by atomic mass is 35.5. The highest BCUT2D eigenvalue weighted by Crippen LogP contribution is 2.18. The molecule has 2 aromatic carbocycles. The molecule has 0 aliphatic carbocycles. The zero-order valence-corrected chi connectivity index (χ0v) is 10.2. The summed E-state index contributed by atoms with van der Waals surface area (Å²) < 4.78 is 0. The van der Waals surface area contributed by atoms with Crippen LogP contribution in [0.2, 0.25) is 0 Å². The Labute approximate surface area is 109 Å². The molecule has 0 aliphatic rings. The Morgan fingerprint density at radius 2 is 1.50 bits per heavy atom. The second-order valence-corrected chi connectivity index (χ2v) is 3.75. The van der Waals surface area contributed by atoms with E-state index < -0.39 is 5.37 Å². The lowest BCUT2D eigenvalue weighted by atomic mass is 10.3. The Morgan fingerprint density at radius 1 is 0.944 bits per heavy atom. The van der Waals surface area contributed by atoms with Crippen molar-refractivity contribution in [2.24, 2.45) is 10.3 Å². The van der Waals surface area contributed by atoms with Gasteiger partial charge in [-0.05, 0) is 35.9 Å². The van der Waals surface area contributed by atoms with Crippen molar-refractivity contribution < 1.29 is 4.79 Å². The normalized spacial score (nSPS) is 10.5. The molecule has 0 atom stereocenters. The molecule has 0 bridgehead atoms. The van der Waals surface area contributed by atoms with Gasteiger partial charge in [-0.3, -0.25) is 4.79 Å². The van der Waals surface area contributed by atoms with Crippen LogP contribution in [0.15, 0.2) is 71.0 Å². The summed E-state index contributed by atoms with van der Waals surface area (Å²) in [5, 5.41) is 8.12. The third kappa shape index (κ3) is 3.15. The first-order valence-electron chi connectivity index (χ1n) is 5.29. The highest BCUT2D eigenvalue weighted by Gasteiger charge is 2.11. The molecule has 0 fully saturated rings. The number of hydrogen-bond donors (Lipinski definition) is 0. The standard InChI is InChI=1S/C13H10ClN3O/c14-13(18)17(12-9-5-2-6-10-12)16-15-11-7-3-1-4-8-11/h1-10H. The molecule has 1 amide bonds. The second-order valence-electron chi connectivity index (χ2n) is 3.43. The van der Waals surface area contributed by atoms with Crippen LogP contribution in [0.4, 0.5) is 16.2 Å². The second kappa shape index (κ2) is 5.93. The fourth-order valence-corrected chi connectivity index (χ4v) is 1.48. The van der Waals surface area contributed by atoms with Gasteiger partial charge in [0.05, 0.1) is 11.4 Å². The number of hydrogen-bond acceptors (Lipinski definition) is 3. The van der Waals surface area contributed by atoms with Gasteiger partial charge < -0.3 is 0 Å². The quantitative estimate of drug-likeness (QED) is 0.345. The molecule has 0 saturated carbocycles. The summed E-state index contributed by atoms with van der Waals surface area (Å²) in [6, 6.07) is 18.0. The van der Waals surface area contributed by atoms with Gasteiger partial charge in [-0.25, -0.2) is 0 Å². The maximum absolute atomic E-state index is 11.3. The zero-order valence-electron chi connectivity index (χ0n) is 9.40. The van der Waals surface area contributed by atoms with Crippen molar-refractivity contribution in [3.05, 3.63) is 60.7 Å². The lowest BCUT2D eigenvalue weighted by molar-refractivity contribution is 0.264. The van der Waals surface area contributed by atoms with Gasteiger partial charge in [0, 0.05) is 0 Å². The average Bonchev–Trinajstić information content (AvgIpc) is 2.41. The van der Waals surface area contributed by atoms with Crippen LogP contribution in [-0.4, -0.2) is 5.37 Å². The van der Waals surface area contributed by atoms with E-state index >= 15 is 0 Å². The Hall–Kier alpha value is -2.20. The van der Waals surface area contributed by atoms with Crippen molar-refractivity contribution in [1.82, 2.24) is 0 Å².